The van der Waals surface area contributed by atoms with Crippen LogP contribution in [0.25, 0.3) is 22.2 Å². The Morgan fingerprint density at radius 2 is 1.67 bits per heavy atom. The zero-order valence-electron chi connectivity index (χ0n) is 17.3. The van der Waals surface area contributed by atoms with Crippen molar-refractivity contribution < 1.29 is 4.79 Å². The van der Waals surface area contributed by atoms with Crippen LogP contribution in [0.15, 0.2) is 53.0 Å². The molecule has 2 aromatic carbocycles. The van der Waals surface area contributed by atoms with Gasteiger partial charge in [-0.05, 0) is 60.3 Å². The maximum absolute atomic E-state index is 13.6. The van der Waals surface area contributed by atoms with Crippen LogP contribution in [0.5, 0.6) is 0 Å². The van der Waals surface area contributed by atoms with Crippen molar-refractivity contribution in [2.75, 3.05) is 7.05 Å². The summed E-state index contributed by atoms with van der Waals surface area (Å²) in [6, 6.07) is 17.8. The Labute approximate surface area is 192 Å². The fourth-order valence-electron chi connectivity index (χ4n) is 5.42. The summed E-state index contributed by atoms with van der Waals surface area (Å²) in [5.74, 6) is 0.0431. The second-order valence-corrected chi connectivity index (χ2v) is 9.33. The minimum Gasteiger partial charge on any atom is -0.349 e. The van der Waals surface area contributed by atoms with Gasteiger partial charge in [0.25, 0.3) is 5.91 Å². The van der Waals surface area contributed by atoms with Gasteiger partial charge in [-0.2, -0.15) is 0 Å². The lowest BCUT2D eigenvalue weighted by Crippen LogP contribution is -2.48. The molecule has 5 rings (SSSR count). The number of aryl methyl sites for hydroxylation is 1. The molecule has 2 bridgehead atoms. The summed E-state index contributed by atoms with van der Waals surface area (Å²) in [5, 5.41) is 4.39. The van der Waals surface area contributed by atoms with E-state index in [1.807, 2.05) is 37.4 Å². The highest BCUT2D eigenvalue weighted by Gasteiger charge is 2.39. The zero-order valence-corrected chi connectivity index (χ0v) is 19.7. The van der Waals surface area contributed by atoms with Crippen LogP contribution in [-0.2, 0) is 7.05 Å². The van der Waals surface area contributed by atoms with E-state index < -0.39 is 0 Å². The lowest BCUT2D eigenvalue weighted by atomic mass is 9.97. The van der Waals surface area contributed by atoms with Gasteiger partial charge in [0, 0.05) is 35.0 Å². The third-order valence-corrected chi connectivity index (χ3v) is 7.51. The molecule has 4 nitrogen and oxygen atoms in total. The van der Waals surface area contributed by atoms with Crippen LogP contribution in [0.4, 0.5) is 0 Å². The van der Waals surface area contributed by atoms with Crippen molar-refractivity contribution in [3.05, 3.63) is 58.6 Å². The van der Waals surface area contributed by atoms with Crippen molar-refractivity contribution in [3.63, 3.8) is 0 Å². The second-order valence-electron chi connectivity index (χ2n) is 8.48. The van der Waals surface area contributed by atoms with Gasteiger partial charge < -0.3 is 14.8 Å². The van der Waals surface area contributed by atoms with Gasteiger partial charge in [-0.15, -0.1) is 12.4 Å². The number of nitrogens with zero attached hydrogens (tertiary/aromatic N) is 2. The van der Waals surface area contributed by atoms with Crippen LogP contribution >= 0.6 is 28.3 Å². The van der Waals surface area contributed by atoms with E-state index in [1.165, 1.54) is 12.8 Å². The Bertz CT molecular complexity index is 1070. The number of hydrogen-bond donors (Lipinski definition) is 1. The van der Waals surface area contributed by atoms with Gasteiger partial charge in [0.2, 0.25) is 0 Å². The predicted molar refractivity (Wildman–Crippen MR) is 128 cm³/mol. The molecule has 2 atom stereocenters. The molecule has 0 aliphatic carbocycles. The molecule has 30 heavy (non-hydrogen) atoms. The van der Waals surface area contributed by atoms with Crippen molar-refractivity contribution in [3.8, 4) is 11.3 Å². The Morgan fingerprint density at radius 3 is 2.33 bits per heavy atom. The number of aromatic nitrogens is 1. The van der Waals surface area contributed by atoms with Crippen molar-refractivity contribution in [1.29, 1.82) is 0 Å². The van der Waals surface area contributed by atoms with E-state index in [1.54, 1.807) is 0 Å². The van der Waals surface area contributed by atoms with Gasteiger partial charge in [0.1, 0.15) is 0 Å². The van der Waals surface area contributed by atoms with Crippen molar-refractivity contribution in [1.82, 2.24) is 14.8 Å². The quantitative estimate of drug-likeness (QED) is 0.537. The third kappa shape index (κ3) is 3.47. The minimum absolute atomic E-state index is 0. The standard InChI is InChI=1S/C24H26BrN3O.ClH/c1-27-17-11-12-18(27)14-16(13-17)26-24(29)21-19-9-6-10-20(25)23(19)28(2)22(21)15-7-4-3-5-8-15;/h3-10,16-18H,11-14H2,1-2H3,(H,26,29);1H. The van der Waals surface area contributed by atoms with E-state index in [-0.39, 0.29) is 24.4 Å². The molecule has 2 fully saturated rings. The van der Waals surface area contributed by atoms with Crippen LogP contribution < -0.4 is 5.32 Å². The summed E-state index contributed by atoms with van der Waals surface area (Å²) in [6.07, 6.45) is 4.61. The summed E-state index contributed by atoms with van der Waals surface area (Å²) in [7, 11) is 4.28. The monoisotopic (exact) mass is 487 g/mol. The molecule has 158 valence electrons. The van der Waals surface area contributed by atoms with E-state index in [9.17, 15) is 4.79 Å². The van der Waals surface area contributed by atoms with Crippen molar-refractivity contribution in [2.24, 2.45) is 7.05 Å². The summed E-state index contributed by atoms with van der Waals surface area (Å²) >= 11 is 3.69. The van der Waals surface area contributed by atoms with Gasteiger partial charge in [0.15, 0.2) is 0 Å². The Hall–Kier alpha value is -1.82. The van der Waals surface area contributed by atoms with E-state index in [0.29, 0.717) is 12.1 Å². The number of fused-ring (bicyclic) bond motifs is 3. The summed E-state index contributed by atoms with van der Waals surface area (Å²) in [6.45, 7) is 0. The Balaban J connectivity index is 0.00000218. The van der Waals surface area contributed by atoms with E-state index in [2.05, 4.69) is 56.0 Å². The van der Waals surface area contributed by atoms with Crippen LogP contribution in [0.2, 0.25) is 0 Å². The highest BCUT2D eigenvalue weighted by atomic mass is 79.9. The highest BCUT2D eigenvalue weighted by Crippen LogP contribution is 2.38. The molecule has 2 unspecified atom stereocenters. The smallest absolute Gasteiger partial charge is 0.254 e. The first kappa shape index (κ1) is 21.4. The zero-order chi connectivity index (χ0) is 20.1. The molecule has 6 heteroatoms. The topological polar surface area (TPSA) is 37.3 Å². The SMILES string of the molecule is CN1C2CCC1CC(NC(=O)c1c(-c3ccccc3)n(C)c3c(Br)cccc13)C2.Cl. The average Bonchev–Trinajstić information content (AvgIpc) is 3.11. The number of carbonyl (C=O) groups excluding carboxylic acids is 1. The maximum atomic E-state index is 13.6. The van der Waals surface area contributed by atoms with Crippen LogP contribution in [0.1, 0.15) is 36.0 Å². The number of benzene rings is 2. The molecule has 2 saturated heterocycles. The first-order chi connectivity index (χ1) is 14.0. The molecule has 3 aromatic rings. The van der Waals surface area contributed by atoms with Crippen LogP contribution in [0, 0.1) is 0 Å². The number of carbonyl (C=O) groups is 1. The minimum atomic E-state index is 0. The fraction of sp³-hybridized carbons (Fsp3) is 0.375. The molecular weight excluding hydrogens is 462 g/mol. The van der Waals surface area contributed by atoms with Crippen molar-refractivity contribution in [2.45, 2.75) is 43.8 Å². The molecule has 1 amide bonds. The number of para-hydroxylation sites is 1. The summed E-state index contributed by atoms with van der Waals surface area (Å²) in [4.78, 5) is 16.1. The summed E-state index contributed by atoms with van der Waals surface area (Å²) in [5.41, 5.74) is 3.87. The lowest BCUT2D eigenvalue weighted by Gasteiger charge is -2.36. The molecule has 2 aliphatic rings. The number of halogens is 2. The molecule has 0 radical (unpaired) electrons. The molecule has 1 aromatic heterocycles. The number of piperidine rings is 1. The first-order valence-electron chi connectivity index (χ1n) is 10.4. The van der Waals surface area contributed by atoms with Crippen LogP contribution in [0.3, 0.4) is 0 Å². The fourth-order valence-corrected chi connectivity index (χ4v) is 6.05. The largest absolute Gasteiger partial charge is 0.349 e. The lowest BCUT2D eigenvalue weighted by molar-refractivity contribution is 0.0884. The molecule has 3 heterocycles. The van der Waals surface area contributed by atoms with Crippen LogP contribution in [-0.4, -0.2) is 40.5 Å². The first-order valence-corrected chi connectivity index (χ1v) is 11.2. The maximum Gasteiger partial charge on any atom is 0.254 e. The molecule has 0 spiro atoms. The van der Waals surface area contributed by atoms with E-state index in [0.717, 1.165) is 45.0 Å². The second kappa shape index (κ2) is 8.37. The Morgan fingerprint density at radius 1 is 1.00 bits per heavy atom. The number of rotatable bonds is 3. The molecule has 0 saturated carbocycles. The highest BCUT2D eigenvalue weighted by molar-refractivity contribution is 9.10. The number of hydrogen-bond acceptors (Lipinski definition) is 2. The van der Waals surface area contributed by atoms with Gasteiger partial charge in [-0.25, -0.2) is 0 Å². The molecule has 2 aliphatic heterocycles. The number of amides is 1. The van der Waals surface area contributed by atoms with Gasteiger partial charge in [-0.3, -0.25) is 4.79 Å². The normalized spacial score (nSPS) is 23.4. The van der Waals surface area contributed by atoms with E-state index >= 15 is 0 Å². The predicted octanol–water partition coefficient (Wildman–Crippen LogP) is 5.38. The van der Waals surface area contributed by atoms with Gasteiger partial charge >= 0.3 is 0 Å². The molecule has 1 N–H and O–H groups in total. The Kier molecular flexibility index (Phi) is 5.97. The average molecular weight is 489 g/mol. The molecular formula is C24H27BrClN3O. The van der Waals surface area contributed by atoms with Crippen molar-refractivity contribution >= 4 is 45.1 Å². The number of nitrogens with one attached hydrogen (secondary N) is 1. The van der Waals surface area contributed by atoms with Gasteiger partial charge in [-0.1, -0.05) is 42.5 Å². The third-order valence-electron chi connectivity index (χ3n) is 6.87. The van der Waals surface area contributed by atoms with E-state index in [4.69, 9.17) is 0 Å². The van der Waals surface area contributed by atoms with Gasteiger partial charge in [0.05, 0.1) is 16.8 Å². The summed E-state index contributed by atoms with van der Waals surface area (Å²) < 4.78 is 3.15.